The Morgan fingerprint density at radius 3 is 1.95 bits per heavy atom. The summed E-state index contributed by atoms with van der Waals surface area (Å²) in [5.74, 6) is -10.4. The van der Waals surface area contributed by atoms with Crippen LogP contribution in [0.2, 0.25) is 0 Å². The van der Waals surface area contributed by atoms with Crippen LogP contribution in [0.1, 0.15) is 10.4 Å². The minimum absolute atomic E-state index is 0.718. The van der Waals surface area contributed by atoms with E-state index in [-0.39, 0.29) is 0 Å². The summed E-state index contributed by atoms with van der Waals surface area (Å²) in [6.45, 7) is -0.718. The fourth-order valence-corrected chi connectivity index (χ4v) is 1.59. The number of anilines is 1. The highest BCUT2D eigenvalue weighted by Crippen LogP contribution is 2.25. The van der Waals surface area contributed by atoms with Crippen LogP contribution < -0.4 is 11.1 Å². The molecule has 0 saturated heterocycles. The van der Waals surface area contributed by atoms with Gasteiger partial charge < -0.3 is 11.1 Å². The van der Waals surface area contributed by atoms with E-state index in [1.165, 1.54) is 0 Å². The number of nitrogens with two attached hydrogens (primary N) is 1. The monoisotopic (exact) mass is 316 g/mol. The molecule has 11 heteroatoms. The smallest absolute Gasteiger partial charge is 0.266 e. The summed E-state index contributed by atoms with van der Waals surface area (Å²) in [5.41, 5.74) is 1.73. The van der Waals surface area contributed by atoms with E-state index in [2.05, 4.69) is 0 Å². The molecule has 0 heterocycles. The third-order valence-corrected chi connectivity index (χ3v) is 2.89. The summed E-state index contributed by atoms with van der Waals surface area (Å²) in [7, 11) is -4.42. The van der Waals surface area contributed by atoms with Crippen LogP contribution in [0.3, 0.4) is 0 Å². The first kappa shape index (κ1) is 16.2. The Hall–Kier alpha value is -1.88. The summed E-state index contributed by atoms with van der Waals surface area (Å²) in [6, 6.07) is 0. The van der Waals surface area contributed by atoms with Gasteiger partial charge in [-0.1, -0.05) is 0 Å². The topological polar surface area (TPSA) is 109 Å². The van der Waals surface area contributed by atoms with Crippen LogP contribution in [0.25, 0.3) is 0 Å². The average molecular weight is 316 g/mol. The number of carbonyl (C=O) groups excluding carboxylic acids is 1. The van der Waals surface area contributed by atoms with E-state index >= 15 is 0 Å². The van der Waals surface area contributed by atoms with E-state index < -0.39 is 62.8 Å². The normalized spacial score (nSPS) is 11.4. The molecule has 20 heavy (non-hydrogen) atoms. The van der Waals surface area contributed by atoms with Gasteiger partial charge in [0.1, 0.15) is 11.3 Å². The van der Waals surface area contributed by atoms with Crippen LogP contribution in [-0.4, -0.2) is 31.2 Å². The molecule has 0 atom stereocenters. The van der Waals surface area contributed by atoms with Gasteiger partial charge in [0.25, 0.3) is 16.0 Å². The maximum Gasteiger partial charge on any atom is 0.266 e. The second-order valence-corrected chi connectivity index (χ2v) is 5.16. The van der Waals surface area contributed by atoms with Crippen molar-refractivity contribution in [2.75, 3.05) is 18.0 Å². The number of amides is 1. The van der Waals surface area contributed by atoms with Crippen molar-refractivity contribution in [3.63, 3.8) is 0 Å². The van der Waals surface area contributed by atoms with Crippen molar-refractivity contribution in [2.24, 2.45) is 0 Å². The highest BCUT2D eigenvalue weighted by molar-refractivity contribution is 7.85. The van der Waals surface area contributed by atoms with Gasteiger partial charge in [-0.25, -0.2) is 17.6 Å². The Bertz CT molecular complexity index is 633. The van der Waals surface area contributed by atoms with Crippen molar-refractivity contribution in [3.05, 3.63) is 28.8 Å². The first-order chi connectivity index (χ1) is 9.06. The lowest BCUT2D eigenvalue weighted by atomic mass is 10.1. The molecule has 0 aromatic heterocycles. The molecule has 112 valence electrons. The zero-order chi connectivity index (χ0) is 15.7. The highest BCUT2D eigenvalue weighted by atomic mass is 32.2. The molecule has 4 N–H and O–H groups in total. The lowest BCUT2D eigenvalue weighted by Crippen LogP contribution is -2.31. The lowest BCUT2D eigenvalue weighted by molar-refractivity contribution is 0.0945. The molecule has 1 rings (SSSR count). The minimum atomic E-state index is -4.42. The van der Waals surface area contributed by atoms with Crippen molar-refractivity contribution in [3.8, 4) is 0 Å². The summed E-state index contributed by atoms with van der Waals surface area (Å²) in [6.07, 6.45) is 0. The molecular weight excluding hydrogens is 308 g/mol. The Labute approximate surface area is 110 Å². The number of rotatable bonds is 4. The predicted molar refractivity (Wildman–Crippen MR) is 59.4 cm³/mol. The first-order valence-electron chi connectivity index (χ1n) is 4.91. The second kappa shape index (κ2) is 5.63. The maximum atomic E-state index is 13.3. The molecule has 0 spiro atoms. The SMILES string of the molecule is Nc1c(F)c(F)c(C(=O)NCCS(=O)(=O)O)c(F)c1F. The number of benzene rings is 1. The minimum Gasteiger partial charge on any atom is -0.394 e. The van der Waals surface area contributed by atoms with E-state index in [0.29, 0.717) is 0 Å². The molecule has 0 unspecified atom stereocenters. The standard InChI is InChI=1S/C9H8F4N2O4S/c10-4-3(5(11)7(13)8(14)6(4)12)9(16)15-1-2-20(17,18)19/h1-2,14H2,(H,15,16)(H,17,18,19). The quantitative estimate of drug-likeness (QED) is 0.323. The summed E-state index contributed by atoms with van der Waals surface area (Å²) >= 11 is 0. The fraction of sp³-hybridized carbons (Fsp3) is 0.222. The first-order valence-corrected chi connectivity index (χ1v) is 6.52. The molecule has 0 bridgehead atoms. The van der Waals surface area contributed by atoms with E-state index in [4.69, 9.17) is 10.3 Å². The zero-order valence-corrected chi connectivity index (χ0v) is 10.4. The van der Waals surface area contributed by atoms with Crippen LogP contribution in [0.4, 0.5) is 23.2 Å². The fourth-order valence-electron chi connectivity index (χ4n) is 1.23. The van der Waals surface area contributed by atoms with E-state index in [1.807, 2.05) is 0 Å². The highest BCUT2D eigenvalue weighted by Gasteiger charge is 2.28. The number of carbonyl (C=O) groups is 1. The molecule has 0 aliphatic carbocycles. The number of halogens is 4. The van der Waals surface area contributed by atoms with Crippen molar-refractivity contribution < 1.29 is 35.3 Å². The molecule has 6 nitrogen and oxygen atoms in total. The van der Waals surface area contributed by atoms with Gasteiger partial charge in [-0.05, 0) is 0 Å². The molecule has 0 aliphatic heterocycles. The molecule has 1 aromatic carbocycles. The van der Waals surface area contributed by atoms with Crippen molar-refractivity contribution in [2.45, 2.75) is 0 Å². The van der Waals surface area contributed by atoms with E-state index in [1.54, 1.807) is 5.32 Å². The van der Waals surface area contributed by atoms with Crippen LogP contribution >= 0.6 is 0 Å². The summed E-state index contributed by atoms with van der Waals surface area (Å²) in [5, 5.41) is 1.68. The molecular formula is C9H8F4N2O4S. The maximum absolute atomic E-state index is 13.3. The summed E-state index contributed by atoms with van der Waals surface area (Å²) < 4.78 is 81.9. The Morgan fingerprint density at radius 2 is 1.55 bits per heavy atom. The molecule has 0 aliphatic rings. The molecule has 0 fully saturated rings. The predicted octanol–water partition coefficient (Wildman–Crippen LogP) is 0.443. The van der Waals surface area contributed by atoms with Crippen molar-refractivity contribution in [1.29, 1.82) is 0 Å². The van der Waals surface area contributed by atoms with Crippen LogP contribution in [0.15, 0.2) is 0 Å². The van der Waals surface area contributed by atoms with Gasteiger partial charge in [0.15, 0.2) is 23.3 Å². The van der Waals surface area contributed by atoms with Gasteiger partial charge in [0.2, 0.25) is 0 Å². The Morgan fingerprint density at radius 1 is 1.10 bits per heavy atom. The van der Waals surface area contributed by atoms with Crippen LogP contribution in [-0.2, 0) is 10.1 Å². The van der Waals surface area contributed by atoms with Crippen LogP contribution in [0, 0.1) is 23.3 Å². The number of nitrogens with one attached hydrogen (secondary N) is 1. The van der Waals surface area contributed by atoms with Crippen molar-refractivity contribution in [1.82, 2.24) is 5.32 Å². The lowest BCUT2D eigenvalue weighted by Gasteiger charge is -2.09. The Kier molecular flexibility index (Phi) is 4.55. The zero-order valence-electron chi connectivity index (χ0n) is 9.58. The second-order valence-electron chi connectivity index (χ2n) is 3.59. The molecule has 0 radical (unpaired) electrons. The van der Waals surface area contributed by atoms with Gasteiger partial charge >= 0.3 is 0 Å². The van der Waals surface area contributed by atoms with Crippen molar-refractivity contribution >= 4 is 21.7 Å². The largest absolute Gasteiger partial charge is 0.394 e. The number of hydrogen-bond acceptors (Lipinski definition) is 4. The third kappa shape index (κ3) is 3.36. The van der Waals surface area contributed by atoms with Gasteiger partial charge in [-0.3, -0.25) is 9.35 Å². The third-order valence-electron chi connectivity index (χ3n) is 2.17. The molecule has 1 aromatic rings. The van der Waals surface area contributed by atoms with Gasteiger partial charge in [-0.2, -0.15) is 8.42 Å². The number of nitrogen functional groups attached to an aromatic ring is 1. The Balaban J connectivity index is 3.06. The number of hydrogen-bond donors (Lipinski definition) is 3. The van der Waals surface area contributed by atoms with Gasteiger partial charge in [0.05, 0.1) is 5.75 Å². The summed E-state index contributed by atoms with van der Waals surface area (Å²) in [4.78, 5) is 11.3. The molecule has 0 saturated carbocycles. The van der Waals surface area contributed by atoms with Crippen LogP contribution in [0.5, 0.6) is 0 Å². The average Bonchev–Trinajstić information content (AvgIpc) is 2.32. The van der Waals surface area contributed by atoms with Gasteiger partial charge in [-0.15, -0.1) is 0 Å². The van der Waals surface area contributed by atoms with E-state index in [9.17, 15) is 30.8 Å². The van der Waals surface area contributed by atoms with Gasteiger partial charge in [0, 0.05) is 6.54 Å². The molecule has 1 amide bonds. The van der Waals surface area contributed by atoms with E-state index in [0.717, 1.165) is 0 Å².